The average molecular weight is 495 g/mol. The van der Waals surface area contributed by atoms with Gasteiger partial charge in [0.25, 0.3) is 0 Å². The summed E-state index contributed by atoms with van der Waals surface area (Å²) in [4.78, 5) is 37.5. The molecule has 0 heterocycles. The first-order valence-corrected chi connectivity index (χ1v) is 12.3. The molecule has 35 heavy (non-hydrogen) atoms. The van der Waals surface area contributed by atoms with Crippen LogP contribution in [-0.2, 0) is 19.1 Å². The van der Waals surface area contributed by atoms with E-state index in [2.05, 4.69) is 0 Å². The fourth-order valence-electron chi connectivity index (χ4n) is 7.59. The molecule has 3 saturated carbocycles. The highest BCUT2D eigenvalue weighted by Crippen LogP contribution is 2.70. The molecule has 0 amide bonds. The van der Waals surface area contributed by atoms with E-state index in [1.54, 1.807) is 34.6 Å². The number of aliphatic hydroxyl groups excluding tert-OH is 1. The van der Waals surface area contributed by atoms with Gasteiger partial charge in [0.1, 0.15) is 11.8 Å². The number of Topliss-reactive ketones (excluding diaryl/α,β-unsaturated/α-hetero) is 1. The molecule has 1 unspecified atom stereocenters. The molecule has 3 fully saturated rings. The van der Waals surface area contributed by atoms with Gasteiger partial charge in [-0.15, -0.1) is 0 Å². The van der Waals surface area contributed by atoms with Crippen LogP contribution in [0.25, 0.3) is 0 Å². The zero-order valence-corrected chi connectivity index (χ0v) is 21.2. The second-order valence-corrected chi connectivity index (χ2v) is 12.5. The fourth-order valence-corrected chi connectivity index (χ4v) is 7.59. The Morgan fingerprint density at radius 2 is 1.83 bits per heavy atom. The molecule has 0 bridgehead atoms. The van der Waals surface area contributed by atoms with E-state index in [4.69, 9.17) is 4.74 Å². The van der Waals surface area contributed by atoms with Crippen LogP contribution in [0.1, 0.15) is 60.8 Å². The summed E-state index contributed by atoms with van der Waals surface area (Å²) in [5, 5.41) is 23.2. The number of carbonyl (C=O) groups excluding carboxylic acids is 3. The number of hydrogen-bond donors (Lipinski definition) is 2. The van der Waals surface area contributed by atoms with Crippen molar-refractivity contribution in [3.05, 3.63) is 23.8 Å². The lowest BCUT2D eigenvalue weighted by Gasteiger charge is -2.63. The summed E-state index contributed by atoms with van der Waals surface area (Å²) in [6.45, 7) is 9.15. The quantitative estimate of drug-likeness (QED) is 0.583. The minimum atomic E-state index is -2.28. The molecule has 0 radical (unpaired) electrons. The number of carbonyl (C=O) groups is 3. The van der Waals surface area contributed by atoms with Gasteiger partial charge in [0, 0.05) is 16.7 Å². The van der Waals surface area contributed by atoms with Gasteiger partial charge in [0.2, 0.25) is 5.78 Å². The monoisotopic (exact) mass is 494 g/mol. The smallest absolute Gasteiger partial charge is 0.311 e. The number of halogens is 2. The molecule has 4 rings (SSSR count). The number of fused-ring (bicyclic) bond motifs is 5. The van der Waals surface area contributed by atoms with Crippen LogP contribution in [0.4, 0.5) is 8.78 Å². The lowest BCUT2D eigenvalue weighted by Crippen LogP contribution is -2.70. The third kappa shape index (κ3) is 3.28. The SMILES string of the molecule is C[C@@H]1C[C@H]2[C@@H]3C[C@H](F)C4=CC(=O)C=CC4(C)[C@@]3(F)[C@@H](O)C[C@]2(C)[C@@]1(O)C(=O)COC(=O)C(C)(C)C. The minimum absolute atomic E-state index is 0.0258. The molecule has 6 nitrogen and oxygen atoms in total. The van der Waals surface area contributed by atoms with Gasteiger partial charge in [-0.25, -0.2) is 8.78 Å². The fraction of sp³-hybridized carbons (Fsp3) is 0.741. The molecule has 0 spiro atoms. The summed E-state index contributed by atoms with van der Waals surface area (Å²) in [5.41, 5.74) is -7.87. The van der Waals surface area contributed by atoms with Crippen LogP contribution in [0.15, 0.2) is 23.8 Å². The third-order valence-electron chi connectivity index (χ3n) is 9.58. The van der Waals surface area contributed by atoms with Gasteiger partial charge in [0.05, 0.1) is 11.5 Å². The van der Waals surface area contributed by atoms with Crippen LogP contribution >= 0.6 is 0 Å². The maximum Gasteiger partial charge on any atom is 0.311 e. The normalized spacial score (nSPS) is 46.9. The average Bonchev–Trinajstić information content (AvgIpc) is 2.96. The highest BCUT2D eigenvalue weighted by Gasteiger charge is 2.76. The van der Waals surface area contributed by atoms with E-state index in [-0.39, 0.29) is 24.8 Å². The molecule has 0 saturated heterocycles. The molecular weight excluding hydrogens is 458 g/mol. The number of ether oxygens (including phenoxy) is 1. The molecule has 2 N–H and O–H groups in total. The largest absolute Gasteiger partial charge is 0.457 e. The number of hydrogen-bond acceptors (Lipinski definition) is 6. The first-order chi connectivity index (χ1) is 15.9. The predicted octanol–water partition coefficient (Wildman–Crippen LogP) is 3.44. The van der Waals surface area contributed by atoms with E-state index in [1.165, 1.54) is 19.1 Å². The molecule has 194 valence electrons. The molecule has 9 atom stereocenters. The minimum Gasteiger partial charge on any atom is -0.457 e. The molecule has 8 heteroatoms. The number of aliphatic hydroxyl groups is 2. The molecule has 0 aliphatic heterocycles. The maximum atomic E-state index is 17.1. The zero-order chi connectivity index (χ0) is 26.4. The van der Waals surface area contributed by atoms with Crippen molar-refractivity contribution in [1.29, 1.82) is 0 Å². The Balaban J connectivity index is 1.72. The first kappa shape index (κ1) is 26.1. The highest BCUT2D eigenvalue weighted by atomic mass is 19.1. The van der Waals surface area contributed by atoms with Gasteiger partial charge in [-0.2, -0.15) is 0 Å². The summed E-state index contributed by atoms with van der Waals surface area (Å²) in [6, 6.07) is 0. The summed E-state index contributed by atoms with van der Waals surface area (Å²) in [7, 11) is 0. The number of allylic oxidation sites excluding steroid dienone is 4. The summed E-state index contributed by atoms with van der Waals surface area (Å²) >= 11 is 0. The zero-order valence-electron chi connectivity index (χ0n) is 21.2. The van der Waals surface area contributed by atoms with Crippen molar-refractivity contribution in [2.75, 3.05) is 6.61 Å². The predicted molar refractivity (Wildman–Crippen MR) is 124 cm³/mol. The Morgan fingerprint density at radius 3 is 2.43 bits per heavy atom. The lowest BCUT2D eigenvalue weighted by molar-refractivity contribution is -0.224. The Bertz CT molecular complexity index is 1030. The third-order valence-corrected chi connectivity index (χ3v) is 9.58. The molecule has 4 aliphatic carbocycles. The van der Waals surface area contributed by atoms with E-state index in [1.807, 2.05) is 0 Å². The van der Waals surface area contributed by atoms with Crippen LogP contribution in [-0.4, -0.2) is 57.9 Å². The molecule has 0 aromatic rings. The second-order valence-electron chi connectivity index (χ2n) is 12.5. The number of rotatable bonds is 3. The first-order valence-electron chi connectivity index (χ1n) is 12.3. The van der Waals surface area contributed by atoms with Crippen LogP contribution in [0, 0.1) is 34.0 Å². The topological polar surface area (TPSA) is 101 Å². The number of alkyl halides is 2. The molecular formula is C27H36F2O6. The van der Waals surface area contributed by atoms with Gasteiger partial charge in [-0.1, -0.05) is 19.9 Å². The van der Waals surface area contributed by atoms with Crippen molar-refractivity contribution < 1.29 is 38.1 Å². The van der Waals surface area contributed by atoms with E-state index in [0.717, 1.165) is 6.08 Å². The maximum absolute atomic E-state index is 17.1. The Labute approximate surface area is 204 Å². The summed E-state index contributed by atoms with van der Waals surface area (Å²) in [6.07, 6.45) is 0.249. The standard InChI is InChI=1S/C27H36F2O6/c1-14-9-16-17-11-19(28)18-10-15(30)7-8-24(18,5)26(17,29)20(31)12-25(16,6)27(14,34)21(32)13-35-22(33)23(2,3)4/h7-8,10,14,16-17,19-20,31,34H,9,11-13H2,1-6H3/t14-,16+,17+,19+,20+,24?,25+,26+,27+/m1/s1. The van der Waals surface area contributed by atoms with Crippen LogP contribution < -0.4 is 0 Å². The van der Waals surface area contributed by atoms with Crippen molar-refractivity contribution in [1.82, 2.24) is 0 Å². The van der Waals surface area contributed by atoms with Crippen molar-refractivity contribution in [2.24, 2.45) is 34.0 Å². The van der Waals surface area contributed by atoms with Crippen LogP contribution in [0.2, 0.25) is 0 Å². The summed E-state index contributed by atoms with van der Waals surface area (Å²) in [5.74, 6) is -3.94. The van der Waals surface area contributed by atoms with Crippen LogP contribution in [0.3, 0.4) is 0 Å². The number of esters is 1. The highest BCUT2D eigenvalue weighted by molar-refractivity contribution is 6.01. The molecule has 4 aliphatic rings. The molecule has 0 aromatic carbocycles. The van der Waals surface area contributed by atoms with Crippen molar-refractivity contribution in [3.63, 3.8) is 0 Å². The Kier molecular flexibility index (Phi) is 5.81. The van der Waals surface area contributed by atoms with E-state index < -0.39 is 81.7 Å². The van der Waals surface area contributed by atoms with E-state index in [0.29, 0.717) is 0 Å². The summed E-state index contributed by atoms with van der Waals surface area (Å²) < 4.78 is 37.8. The molecule has 0 aromatic heterocycles. The Hall–Kier alpha value is -1.93. The van der Waals surface area contributed by atoms with Gasteiger partial charge in [-0.3, -0.25) is 14.4 Å². The Morgan fingerprint density at radius 1 is 1.20 bits per heavy atom. The second kappa shape index (κ2) is 7.78. The lowest BCUT2D eigenvalue weighted by atomic mass is 9.44. The van der Waals surface area contributed by atoms with Crippen molar-refractivity contribution in [3.8, 4) is 0 Å². The van der Waals surface area contributed by atoms with Gasteiger partial charge < -0.3 is 14.9 Å². The van der Waals surface area contributed by atoms with Gasteiger partial charge in [-0.05, 0) is 76.5 Å². The van der Waals surface area contributed by atoms with Crippen molar-refractivity contribution >= 4 is 17.5 Å². The number of ketones is 2. The van der Waals surface area contributed by atoms with E-state index in [9.17, 15) is 24.6 Å². The van der Waals surface area contributed by atoms with Gasteiger partial charge in [0.15, 0.2) is 18.1 Å². The van der Waals surface area contributed by atoms with Gasteiger partial charge >= 0.3 is 5.97 Å². The van der Waals surface area contributed by atoms with E-state index >= 15 is 8.78 Å². The van der Waals surface area contributed by atoms with Crippen molar-refractivity contribution in [2.45, 2.75) is 84.4 Å². The van der Waals surface area contributed by atoms with Crippen LogP contribution in [0.5, 0.6) is 0 Å².